The van der Waals surface area contributed by atoms with Gasteiger partial charge in [0.15, 0.2) is 0 Å². The van der Waals surface area contributed by atoms with E-state index in [1.165, 1.54) is 24.4 Å². The SMILES string of the molecule is CCCSc1nsc(NC(=O)CN2CCCC2)n1. The van der Waals surface area contributed by atoms with E-state index in [-0.39, 0.29) is 5.91 Å². The Morgan fingerprint density at radius 2 is 2.28 bits per heavy atom. The van der Waals surface area contributed by atoms with Gasteiger partial charge in [0, 0.05) is 17.3 Å². The van der Waals surface area contributed by atoms with Crippen molar-refractivity contribution in [1.82, 2.24) is 14.3 Å². The van der Waals surface area contributed by atoms with Gasteiger partial charge in [0.1, 0.15) is 0 Å². The molecule has 1 aromatic heterocycles. The summed E-state index contributed by atoms with van der Waals surface area (Å²) in [5, 5.41) is 4.19. The number of carbonyl (C=O) groups excluding carboxylic acids is 1. The van der Waals surface area contributed by atoms with Gasteiger partial charge in [-0.2, -0.15) is 9.36 Å². The topological polar surface area (TPSA) is 58.1 Å². The van der Waals surface area contributed by atoms with Crippen molar-refractivity contribution in [2.24, 2.45) is 0 Å². The van der Waals surface area contributed by atoms with Crippen molar-refractivity contribution in [1.29, 1.82) is 0 Å². The molecule has 0 spiro atoms. The second-order valence-electron chi connectivity index (χ2n) is 4.26. The van der Waals surface area contributed by atoms with Crippen LogP contribution in [0.1, 0.15) is 26.2 Å². The molecule has 0 saturated carbocycles. The second kappa shape index (κ2) is 7.06. The molecule has 1 saturated heterocycles. The van der Waals surface area contributed by atoms with E-state index in [1.807, 2.05) is 0 Å². The molecular weight excluding hydrogens is 268 g/mol. The molecule has 1 aromatic rings. The maximum Gasteiger partial charge on any atom is 0.240 e. The highest BCUT2D eigenvalue weighted by atomic mass is 32.2. The molecule has 1 fully saturated rings. The first-order valence-electron chi connectivity index (χ1n) is 6.26. The number of likely N-dealkylation sites (tertiary alicyclic amines) is 1. The molecule has 18 heavy (non-hydrogen) atoms. The van der Waals surface area contributed by atoms with Gasteiger partial charge in [-0.3, -0.25) is 15.0 Å². The van der Waals surface area contributed by atoms with Gasteiger partial charge in [0.25, 0.3) is 0 Å². The highest BCUT2D eigenvalue weighted by molar-refractivity contribution is 7.99. The van der Waals surface area contributed by atoms with E-state index in [0.717, 1.165) is 30.4 Å². The molecule has 1 amide bonds. The van der Waals surface area contributed by atoms with E-state index in [4.69, 9.17) is 0 Å². The van der Waals surface area contributed by atoms with Crippen LogP contribution < -0.4 is 5.32 Å². The van der Waals surface area contributed by atoms with E-state index in [9.17, 15) is 4.79 Å². The minimum absolute atomic E-state index is 0.0140. The van der Waals surface area contributed by atoms with Crippen molar-refractivity contribution in [3.05, 3.63) is 0 Å². The number of carbonyl (C=O) groups is 1. The van der Waals surface area contributed by atoms with Crippen LogP contribution in [0.3, 0.4) is 0 Å². The van der Waals surface area contributed by atoms with Gasteiger partial charge in [-0.05, 0) is 32.4 Å². The first kappa shape index (κ1) is 13.8. The van der Waals surface area contributed by atoms with Gasteiger partial charge >= 0.3 is 0 Å². The number of anilines is 1. The van der Waals surface area contributed by atoms with Crippen LogP contribution in [0.5, 0.6) is 0 Å². The molecule has 0 radical (unpaired) electrons. The average molecular weight is 286 g/mol. The lowest BCUT2D eigenvalue weighted by Gasteiger charge is -2.12. The molecule has 0 unspecified atom stereocenters. The third kappa shape index (κ3) is 4.22. The molecule has 2 rings (SSSR count). The zero-order chi connectivity index (χ0) is 12.8. The molecule has 0 aromatic carbocycles. The summed E-state index contributed by atoms with van der Waals surface area (Å²) in [6.07, 6.45) is 3.49. The fraction of sp³-hybridized carbons (Fsp3) is 0.727. The monoisotopic (exact) mass is 286 g/mol. The molecule has 7 heteroatoms. The molecule has 0 atom stereocenters. The van der Waals surface area contributed by atoms with Crippen LogP contribution in [0, 0.1) is 0 Å². The van der Waals surface area contributed by atoms with Crippen LogP contribution in [-0.4, -0.2) is 45.6 Å². The first-order chi connectivity index (χ1) is 8.78. The summed E-state index contributed by atoms with van der Waals surface area (Å²) in [4.78, 5) is 18.2. The van der Waals surface area contributed by atoms with Gasteiger partial charge in [-0.15, -0.1) is 0 Å². The standard InChI is InChI=1S/C11H18N4OS2/c1-2-7-17-11-13-10(18-14-11)12-9(16)8-15-5-3-4-6-15/h2-8H2,1H3,(H,12,13,14,16). The Labute approximate surface area is 116 Å². The number of nitrogens with one attached hydrogen (secondary N) is 1. The van der Waals surface area contributed by atoms with Gasteiger partial charge < -0.3 is 0 Å². The number of rotatable bonds is 6. The Kier molecular flexibility index (Phi) is 5.40. The molecule has 0 bridgehead atoms. The maximum atomic E-state index is 11.8. The lowest BCUT2D eigenvalue weighted by Crippen LogP contribution is -2.30. The molecule has 100 valence electrons. The Morgan fingerprint density at radius 1 is 1.50 bits per heavy atom. The van der Waals surface area contributed by atoms with Gasteiger partial charge in [0.2, 0.25) is 16.2 Å². The summed E-state index contributed by atoms with van der Waals surface area (Å²) >= 11 is 2.88. The Morgan fingerprint density at radius 3 is 3.00 bits per heavy atom. The quantitative estimate of drug-likeness (QED) is 0.811. The molecular formula is C11H18N4OS2. The minimum Gasteiger partial charge on any atom is -0.300 e. The van der Waals surface area contributed by atoms with Gasteiger partial charge in [-0.1, -0.05) is 18.7 Å². The van der Waals surface area contributed by atoms with Crippen molar-refractivity contribution in [3.8, 4) is 0 Å². The fourth-order valence-corrected chi connectivity index (χ4v) is 3.23. The summed E-state index contributed by atoms with van der Waals surface area (Å²) in [6, 6.07) is 0. The highest BCUT2D eigenvalue weighted by Crippen LogP contribution is 2.20. The van der Waals surface area contributed by atoms with Crippen LogP contribution in [0.15, 0.2) is 5.16 Å². The number of nitrogens with zero attached hydrogens (tertiary/aromatic N) is 3. The molecule has 1 N–H and O–H groups in total. The van der Waals surface area contributed by atoms with E-state index in [2.05, 4.69) is 26.5 Å². The van der Waals surface area contributed by atoms with Crippen molar-refractivity contribution >= 4 is 34.3 Å². The number of hydrogen-bond donors (Lipinski definition) is 1. The van der Waals surface area contributed by atoms with Crippen LogP contribution in [0.2, 0.25) is 0 Å². The van der Waals surface area contributed by atoms with Crippen molar-refractivity contribution < 1.29 is 4.79 Å². The second-order valence-corrected chi connectivity index (χ2v) is 6.08. The summed E-state index contributed by atoms with van der Waals surface area (Å²) in [6.45, 7) is 4.65. The summed E-state index contributed by atoms with van der Waals surface area (Å²) in [5.41, 5.74) is 0. The summed E-state index contributed by atoms with van der Waals surface area (Å²) in [7, 11) is 0. The van der Waals surface area contributed by atoms with E-state index < -0.39 is 0 Å². The van der Waals surface area contributed by atoms with Crippen LogP contribution in [0.25, 0.3) is 0 Å². The predicted molar refractivity (Wildman–Crippen MR) is 75.2 cm³/mol. The van der Waals surface area contributed by atoms with Crippen LogP contribution in [-0.2, 0) is 4.79 Å². The highest BCUT2D eigenvalue weighted by Gasteiger charge is 2.16. The van der Waals surface area contributed by atoms with Crippen molar-refractivity contribution in [3.63, 3.8) is 0 Å². The fourth-order valence-electron chi connectivity index (χ4n) is 1.82. The largest absolute Gasteiger partial charge is 0.300 e. The third-order valence-corrected chi connectivity index (χ3v) is 4.45. The predicted octanol–water partition coefficient (Wildman–Crippen LogP) is 2.07. The zero-order valence-corrected chi connectivity index (χ0v) is 12.1. The zero-order valence-electron chi connectivity index (χ0n) is 10.5. The smallest absolute Gasteiger partial charge is 0.240 e. The Balaban J connectivity index is 1.77. The Hall–Kier alpha value is -0.660. The van der Waals surface area contributed by atoms with Crippen molar-refractivity contribution in [2.75, 3.05) is 30.7 Å². The molecule has 0 aliphatic carbocycles. The maximum absolute atomic E-state index is 11.8. The van der Waals surface area contributed by atoms with Gasteiger partial charge in [-0.25, -0.2) is 0 Å². The summed E-state index contributed by atoms with van der Waals surface area (Å²) < 4.78 is 4.20. The number of hydrogen-bond acceptors (Lipinski definition) is 6. The number of aromatic nitrogens is 2. The minimum atomic E-state index is 0.0140. The molecule has 1 aliphatic rings. The average Bonchev–Trinajstić information content (AvgIpc) is 2.98. The van der Waals surface area contributed by atoms with Crippen LogP contribution in [0.4, 0.5) is 5.13 Å². The first-order valence-corrected chi connectivity index (χ1v) is 8.02. The Bertz CT molecular complexity index is 390. The van der Waals surface area contributed by atoms with E-state index in [1.54, 1.807) is 11.8 Å². The van der Waals surface area contributed by atoms with Gasteiger partial charge in [0.05, 0.1) is 6.54 Å². The lowest BCUT2D eigenvalue weighted by molar-refractivity contribution is -0.117. The number of amides is 1. The van der Waals surface area contributed by atoms with Crippen LogP contribution >= 0.6 is 23.3 Å². The normalized spacial score (nSPS) is 16.1. The molecule has 2 heterocycles. The molecule has 5 nitrogen and oxygen atoms in total. The van der Waals surface area contributed by atoms with E-state index >= 15 is 0 Å². The summed E-state index contributed by atoms with van der Waals surface area (Å²) in [5.74, 6) is 1.03. The van der Waals surface area contributed by atoms with E-state index in [0.29, 0.717) is 11.7 Å². The number of thioether (sulfide) groups is 1. The molecule has 1 aliphatic heterocycles. The van der Waals surface area contributed by atoms with Crippen molar-refractivity contribution in [2.45, 2.75) is 31.3 Å². The third-order valence-electron chi connectivity index (χ3n) is 2.65. The lowest BCUT2D eigenvalue weighted by atomic mass is 10.4.